The largest absolute Gasteiger partial charge is 0.511 e. The summed E-state index contributed by atoms with van der Waals surface area (Å²) < 4.78 is 0.788. The molecule has 1 aromatic carbocycles. The first-order valence-corrected chi connectivity index (χ1v) is 7.40. The Bertz CT molecular complexity index is 620. The number of carbonyl (C=O) groups excluding carboxylic acids is 1. The molecule has 1 aromatic rings. The van der Waals surface area contributed by atoms with E-state index in [2.05, 4.69) is 20.9 Å². The number of ketones is 1. The number of aliphatic hydroxyl groups excluding tert-OH is 1. The third kappa shape index (κ3) is 3.49. The first kappa shape index (κ1) is 15.3. The zero-order valence-corrected chi connectivity index (χ0v) is 13.6. The van der Waals surface area contributed by atoms with E-state index in [1.165, 1.54) is 6.21 Å². The van der Waals surface area contributed by atoms with Crippen molar-refractivity contribution in [3.8, 4) is 0 Å². The Kier molecular flexibility index (Phi) is 4.35. The van der Waals surface area contributed by atoms with Gasteiger partial charge in [0.1, 0.15) is 5.76 Å². The van der Waals surface area contributed by atoms with E-state index in [9.17, 15) is 9.90 Å². The zero-order valence-electron chi connectivity index (χ0n) is 11.3. The van der Waals surface area contributed by atoms with Gasteiger partial charge in [0.25, 0.3) is 0 Å². The van der Waals surface area contributed by atoms with Crippen LogP contribution in [0.2, 0.25) is 5.02 Å². The minimum absolute atomic E-state index is 0.0780. The fourth-order valence-electron chi connectivity index (χ4n) is 2.15. The summed E-state index contributed by atoms with van der Waals surface area (Å²) in [4.78, 5) is 16.2. The summed E-state index contributed by atoms with van der Waals surface area (Å²) in [5.74, 6) is 0.0314. The number of Topliss-reactive ketones (excluding diaryl/α,β-unsaturated/α-hetero) is 1. The van der Waals surface area contributed by atoms with Crippen LogP contribution in [0.1, 0.15) is 26.7 Å². The van der Waals surface area contributed by atoms with Gasteiger partial charge >= 0.3 is 0 Å². The molecule has 1 aliphatic carbocycles. The number of hydrogen-bond donors (Lipinski definition) is 1. The molecule has 0 heterocycles. The molecule has 0 fully saturated rings. The standard InChI is InChI=1S/C15H15BrClNO2/c1-15(2)6-13(19)10(14(20)7-15)8-18-9-3-4-11(16)12(17)5-9/h3-5,8,19H,6-7H2,1-2H3. The predicted molar refractivity (Wildman–Crippen MR) is 85.0 cm³/mol. The lowest BCUT2D eigenvalue weighted by Crippen LogP contribution is -2.26. The van der Waals surface area contributed by atoms with Crippen LogP contribution in [-0.4, -0.2) is 17.1 Å². The van der Waals surface area contributed by atoms with Crippen molar-refractivity contribution in [3.63, 3.8) is 0 Å². The maximum absolute atomic E-state index is 12.0. The molecule has 1 N–H and O–H groups in total. The highest BCUT2D eigenvalue weighted by Crippen LogP contribution is 2.35. The van der Waals surface area contributed by atoms with E-state index in [1.54, 1.807) is 18.2 Å². The molecule has 0 atom stereocenters. The molecule has 1 aliphatic rings. The van der Waals surface area contributed by atoms with Gasteiger partial charge in [0, 0.05) is 23.5 Å². The molecule has 0 spiro atoms. The van der Waals surface area contributed by atoms with Crippen molar-refractivity contribution < 1.29 is 9.90 Å². The third-order valence-electron chi connectivity index (χ3n) is 3.14. The molecule has 106 valence electrons. The molecule has 0 saturated carbocycles. The Hall–Kier alpha value is -1.13. The van der Waals surface area contributed by atoms with Gasteiger partial charge in [0.05, 0.1) is 16.3 Å². The number of rotatable bonds is 2. The number of nitrogens with zero attached hydrogens (tertiary/aromatic N) is 1. The number of carbonyl (C=O) groups is 1. The summed E-state index contributed by atoms with van der Waals surface area (Å²) in [5, 5.41) is 10.5. The fraction of sp³-hybridized carbons (Fsp3) is 0.333. The predicted octanol–water partition coefficient (Wildman–Crippen LogP) is 5.01. The molecule has 3 nitrogen and oxygen atoms in total. The van der Waals surface area contributed by atoms with E-state index in [1.807, 2.05) is 13.8 Å². The molecule has 0 amide bonds. The average Bonchev–Trinajstić information content (AvgIpc) is 2.31. The van der Waals surface area contributed by atoms with Crippen LogP contribution in [0.5, 0.6) is 0 Å². The summed E-state index contributed by atoms with van der Waals surface area (Å²) in [7, 11) is 0. The van der Waals surface area contributed by atoms with Crippen LogP contribution in [0.15, 0.2) is 39.0 Å². The van der Waals surface area contributed by atoms with Gasteiger partial charge in [0.15, 0.2) is 5.78 Å². The van der Waals surface area contributed by atoms with Gasteiger partial charge in [-0.15, -0.1) is 0 Å². The normalized spacial score (nSPS) is 18.9. The lowest BCUT2D eigenvalue weighted by Gasteiger charge is -2.28. The first-order valence-electron chi connectivity index (χ1n) is 6.23. The van der Waals surface area contributed by atoms with E-state index in [0.717, 1.165) is 4.47 Å². The Balaban J connectivity index is 2.26. The Morgan fingerprint density at radius 3 is 2.70 bits per heavy atom. The number of benzene rings is 1. The number of halogens is 2. The highest BCUT2D eigenvalue weighted by Gasteiger charge is 2.32. The molecule has 0 aromatic heterocycles. The second kappa shape index (κ2) is 5.70. The molecule has 5 heteroatoms. The second-order valence-electron chi connectivity index (χ2n) is 5.66. The molecule has 0 aliphatic heterocycles. The van der Waals surface area contributed by atoms with Crippen LogP contribution < -0.4 is 0 Å². The molecule has 0 radical (unpaired) electrons. The number of hydrogen-bond acceptors (Lipinski definition) is 3. The van der Waals surface area contributed by atoms with Crippen LogP contribution in [0.4, 0.5) is 5.69 Å². The summed E-state index contributed by atoms with van der Waals surface area (Å²) in [6.07, 6.45) is 2.33. The molecule has 0 bridgehead atoms. The molecule has 20 heavy (non-hydrogen) atoms. The van der Waals surface area contributed by atoms with Crippen LogP contribution >= 0.6 is 27.5 Å². The number of aliphatic imine (C=N–C) groups is 1. The molecule has 0 saturated heterocycles. The molecule has 2 rings (SSSR count). The van der Waals surface area contributed by atoms with E-state index in [0.29, 0.717) is 29.1 Å². The lowest BCUT2D eigenvalue weighted by molar-refractivity contribution is -0.117. The van der Waals surface area contributed by atoms with Crippen molar-refractivity contribution in [2.45, 2.75) is 26.7 Å². The van der Waals surface area contributed by atoms with Crippen molar-refractivity contribution >= 4 is 45.2 Å². The van der Waals surface area contributed by atoms with Crippen LogP contribution in [0, 0.1) is 5.41 Å². The van der Waals surface area contributed by atoms with Gasteiger partial charge in [-0.25, -0.2) is 0 Å². The quantitative estimate of drug-likeness (QED) is 0.758. The maximum Gasteiger partial charge on any atom is 0.168 e. The number of allylic oxidation sites excluding steroid dienone is 2. The summed E-state index contributed by atoms with van der Waals surface area (Å²) in [5.41, 5.74) is 0.735. The zero-order chi connectivity index (χ0) is 14.9. The van der Waals surface area contributed by atoms with Gasteiger partial charge in [-0.3, -0.25) is 9.79 Å². The molecular weight excluding hydrogens is 342 g/mol. The van der Waals surface area contributed by atoms with E-state index >= 15 is 0 Å². The minimum atomic E-state index is -0.195. The van der Waals surface area contributed by atoms with Crippen LogP contribution in [0.25, 0.3) is 0 Å². The van der Waals surface area contributed by atoms with E-state index in [4.69, 9.17) is 11.6 Å². The topological polar surface area (TPSA) is 49.7 Å². The molecule has 0 unspecified atom stereocenters. The van der Waals surface area contributed by atoms with Gasteiger partial charge in [-0.1, -0.05) is 25.4 Å². The smallest absolute Gasteiger partial charge is 0.168 e. The Morgan fingerprint density at radius 1 is 1.40 bits per heavy atom. The van der Waals surface area contributed by atoms with Crippen LogP contribution in [0.3, 0.4) is 0 Å². The van der Waals surface area contributed by atoms with Crippen molar-refractivity contribution in [3.05, 3.63) is 39.0 Å². The van der Waals surface area contributed by atoms with Crippen molar-refractivity contribution in [1.82, 2.24) is 0 Å². The van der Waals surface area contributed by atoms with Gasteiger partial charge < -0.3 is 5.11 Å². The minimum Gasteiger partial charge on any atom is -0.511 e. The SMILES string of the molecule is CC1(C)CC(=O)C(C=Nc2ccc(Br)c(Cl)c2)=C(O)C1. The van der Waals surface area contributed by atoms with Gasteiger partial charge in [-0.2, -0.15) is 0 Å². The number of aliphatic hydroxyl groups is 1. The summed E-state index contributed by atoms with van der Waals surface area (Å²) in [6, 6.07) is 5.26. The van der Waals surface area contributed by atoms with Crippen molar-refractivity contribution in [2.24, 2.45) is 10.4 Å². The highest BCUT2D eigenvalue weighted by atomic mass is 79.9. The van der Waals surface area contributed by atoms with Gasteiger partial charge in [-0.05, 0) is 39.5 Å². The van der Waals surface area contributed by atoms with Gasteiger partial charge in [0.2, 0.25) is 0 Å². The highest BCUT2D eigenvalue weighted by molar-refractivity contribution is 9.10. The summed E-state index contributed by atoms with van der Waals surface area (Å²) >= 11 is 9.28. The van der Waals surface area contributed by atoms with E-state index < -0.39 is 0 Å². The van der Waals surface area contributed by atoms with Crippen LogP contribution in [-0.2, 0) is 4.79 Å². The van der Waals surface area contributed by atoms with Crippen molar-refractivity contribution in [1.29, 1.82) is 0 Å². The van der Waals surface area contributed by atoms with E-state index in [-0.39, 0.29) is 17.0 Å². The van der Waals surface area contributed by atoms with Crippen molar-refractivity contribution in [2.75, 3.05) is 0 Å². The monoisotopic (exact) mass is 355 g/mol. The maximum atomic E-state index is 12.0. The Labute approximate surface area is 131 Å². The lowest BCUT2D eigenvalue weighted by atomic mass is 9.77. The fourth-order valence-corrected chi connectivity index (χ4v) is 2.57. The first-order chi connectivity index (χ1) is 9.28. The summed E-state index contributed by atoms with van der Waals surface area (Å²) in [6.45, 7) is 3.92. The second-order valence-corrected chi connectivity index (χ2v) is 6.92. The molecular formula is C15H15BrClNO2. The Morgan fingerprint density at radius 2 is 2.10 bits per heavy atom. The average molecular weight is 357 g/mol. The third-order valence-corrected chi connectivity index (χ3v) is 4.37.